The van der Waals surface area contributed by atoms with E-state index in [0.717, 1.165) is 23.8 Å². The van der Waals surface area contributed by atoms with Crippen molar-refractivity contribution in [2.45, 2.75) is 32.8 Å². The first-order valence-corrected chi connectivity index (χ1v) is 12.4. The van der Waals surface area contributed by atoms with Crippen molar-refractivity contribution >= 4 is 44.6 Å². The predicted octanol–water partition coefficient (Wildman–Crippen LogP) is 4.14. The third kappa shape index (κ3) is 5.22. The third-order valence-electron chi connectivity index (χ3n) is 5.44. The van der Waals surface area contributed by atoms with Gasteiger partial charge < -0.3 is 15.0 Å². The topological polar surface area (TPSA) is 96.8 Å². The van der Waals surface area contributed by atoms with Gasteiger partial charge in [0.05, 0.1) is 16.9 Å². The molecule has 3 aromatic rings. The molecular weight excluding hydrogens is 445 g/mol. The molecule has 2 heterocycles. The molecule has 33 heavy (non-hydrogen) atoms. The maximum atomic E-state index is 14.0. The van der Waals surface area contributed by atoms with Gasteiger partial charge in [0.2, 0.25) is 0 Å². The fraction of sp³-hybridized carbons (Fsp3) is 0.348. The van der Waals surface area contributed by atoms with Crippen molar-refractivity contribution in [2.75, 3.05) is 24.7 Å². The van der Waals surface area contributed by atoms with Crippen molar-refractivity contribution < 1.29 is 18.1 Å². The lowest BCUT2D eigenvalue weighted by Gasteiger charge is -2.22. The van der Waals surface area contributed by atoms with Crippen LogP contribution in [0.2, 0.25) is 0 Å². The maximum absolute atomic E-state index is 14.0. The Labute approximate surface area is 193 Å². The summed E-state index contributed by atoms with van der Waals surface area (Å²) in [5.74, 6) is 0.130. The molecular formula is C23H26FN5O3S. The van der Waals surface area contributed by atoms with Crippen LogP contribution in [0.5, 0.6) is 5.75 Å². The number of nitrogens with one attached hydrogen (secondary N) is 1. The second-order valence-electron chi connectivity index (χ2n) is 8.00. The van der Waals surface area contributed by atoms with E-state index in [1.54, 1.807) is 24.0 Å². The molecule has 1 aliphatic heterocycles. The summed E-state index contributed by atoms with van der Waals surface area (Å²) in [6.07, 6.45) is 4.15. The standard InChI is InChI=1S/C23H26FN5O3S/c1-14-10-17(28-33(3)31)12-19-21(14)22(26-13-25-19)27-18-7-6-16(24)11-20(18)32-15(2)23(30)29-8-4-5-9-29/h6-7,10-13,15,33H,4-5,8-9H2,1-3H3,(H,25,26,27)/t15-/m1/s1. The number of nitrogens with zero attached hydrogens (tertiary/aromatic N) is 4. The van der Waals surface area contributed by atoms with Gasteiger partial charge in [-0.2, -0.15) is 0 Å². The molecule has 4 rings (SSSR count). The molecule has 0 bridgehead atoms. The second kappa shape index (κ2) is 9.70. The van der Waals surface area contributed by atoms with Gasteiger partial charge in [0.15, 0.2) is 6.10 Å². The molecule has 10 heteroatoms. The summed E-state index contributed by atoms with van der Waals surface area (Å²) in [6.45, 7) is 4.99. The number of benzene rings is 2. The molecule has 1 fully saturated rings. The highest BCUT2D eigenvalue weighted by atomic mass is 32.2. The van der Waals surface area contributed by atoms with E-state index < -0.39 is 22.5 Å². The lowest BCUT2D eigenvalue weighted by Crippen LogP contribution is -2.38. The number of aryl methyl sites for hydroxylation is 1. The number of aromatic nitrogens is 2. The highest BCUT2D eigenvalue weighted by molar-refractivity contribution is 7.74. The van der Waals surface area contributed by atoms with Crippen LogP contribution >= 0.6 is 0 Å². The number of anilines is 2. The van der Waals surface area contributed by atoms with E-state index in [1.807, 2.05) is 13.0 Å². The normalized spacial score (nSPS) is 15.6. The molecule has 2 aromatic carbocycles. The minimum absolute atomic E-state index is 0.114. The van der Waals surface area contributed by atoms with E-state index in [0.29, 0.717) is 35.8 Å². The Hall–Kier alpha value is -3.27. The molecule has 0 radical (unpaired) electrons. The van der Waals surface area contributed by atoms with Crippen LogP contribution in [0.25, 0.3) is 10.9 Å². The Morgan fingerprint density at radius 3 is 2.73 bits per heavy atom. The Morgan fingerprint density at radius 2 is 2.00 bits per heavy atom. The summed E-state index contributed by atoms with van der Waals surface area (Å²) in [6, 6.07) is 7.66. The van der Waals surface area contributed by atoms with Crippen LogP contribution in [-0.4, -0.2) is 50.4 Å². The smallest absolute Gasteiger partial charge is 0.263 e. The van der Waals surface area contributed by atoms with Crippen LogP contribution in [0.3, 0.4) is 0 Å². The quantitative estimate of drug-likeness (QED) is 0.525. The van der Waals surface area contributed by atoms with E-state index in [-0.39, 0.29) is 11.7 Å². The molecule has 1 unspecified atom stereocenters. The number of amides is 1. The molecule has 1 amide bonds. The first kappa shape index (κ1) is 22.9. The fourth-order valence-electron chi connectivity index (χ4n) is 3.95. The molecule has 2 atom stereocenters. The number of carbonyl (C=O) groups excluding carboxylic acids is 1. The van der Waals surface area contributed by atoms with Crippen molar-refractivity contribution in [2.24, 2.45) is 4.36 Å². The first-order chi connectivity index (χ1) is 15.8. The van der Waals surface area contributed by atoms with E-state index in [4.69, 9.17) is 4.74 Å². The van der Waals surface area contributed by atoms with Crippen molar-refractivity contribution in [1.82, 2.24) is 14.9 Å². The molecule has 8 nitrogen and oxygen atoms in total. The number of rotatable bonds is 6. The predicted molar refractivity (Wildman–Crippen MR) is 127 cm³/mol. The summed E-state index contributed by atoms with van der Waals surface area (Å²) in [4.78, 5) is 23.1. The summed E-state index contributed by atoms with van der Waals surface area (Å²) in [5, 5.41) is 3.95. The van der Waals surface area contributed by atoms with Crippen LogP contribution in [0.1, 0.15) is 25.3 Å². The minimum atomic E-state index is -1.68. The van der Waals surface area contributed by atoms with Crippen LogP contribution in [0, 0.1) is 12.7 Å². The zero-order valence-corrected chi connectivity index (χ0v) is 19.6. The summed E-state index contributed by atoms with van der Waals surface area (Å²) in [7, 11) is -1.68. The van der Waals surface area contributed by atoms with Crippen molar-refractivity contribution in [1.29, 1.82) is 0 Å². The van der Waals surface area contributed by atoms with Gasteiger partial charge in [-0.1, -0.05) is 0 Å². The van der Waals surface area contributed by atoms with E-state index in [9.17, 15) is 13.4 Å². The average molecular weight is 472 g/mol. The zero-order valence-electron chi connectivity index (χ0n) is 18.7. The molecule has 0 aliphatic carbocycles. The molecule has 0 saturated carbocycles. The molecule has 1 aromatic heterocycles. The average Bonchev–Trinajstić information content (AvgIpc) is 3.29. The highest BCUT2D eigenvalue weighted by Crippen LogP contribution is 2.34. The van der Waals surface area contributed by atoms with Crippen LogP contribution in [0.4, 0.5) is 21.6 Å². The summed E-state index contributed by atoms with van der Waals surface area (Å²) >= 11 is 0. The molecule has 0 spiro atoms. The molecule has 1 N–H and O–H groups in total. The maximum Gasteiger partial charge on any atom is 0.263 e. The SMILES string of the molecule is Cc1cc(/N=[SH](/C)=O)cc2ncnc(Nc3ccc(F)cc3O[C@H](C)C(=O)N3CCCC3)c12. The Balaban J connectivity index is 1.66. The van der Waals surface area contributed by atoms with Gasteiger partial charge in [-0.3, -0.25) is 9.00 Å². The minimum Gasteiger partial charge on any atom is -0.479 e. The number of ether oxygens (including phenoxy) is 1. The summed E-state index contributed by atoms with van der Waals surface area (Å²) in [5.41, 5.74) is 2.52. The number of hydrogen-bond acceptors (Lipinski definition) is 7. The van der Waals surface area contributed by atoms with Gasteiger partial charge in [0, 0.05) is 41.4 Å². The number of thiol groups is 1. The lowest BCUT2D eigenvalue weighted by molar-refractivity contribution is -0.136. The number of halogens is 1. The largest absolute Gasteiger partial charge is 0.479 e. The van der Waals surface area contributed by atoms with Crippen molar-refractivity contribution in [3.8, 4) is 5.75 Å². The van der Waals surface area contributed by atoms with Crippen LogP contribution < -0.4 is 10.1 Å². The summed E-state index contributed by atoms with van der Waals surface area (Å²) < 4.78 is 35.6. The van der Waals surface area contributed by atoms with E-state index in [2.05, 4.69) is 19.6 Å². The first-order valence-electron chi connectivity index (χ1n) is 10.7. The van der Waals surface area contributed by atoms with Gasteiger partial charge in [-0.25, -0.2) is 18.7 Å². The van der Waals surface area contributed by atoms with E-state index in [1.165, 1.54) is 24.7 Å². The molecule has 1 aliphatic rings. The number of carbonyl (C=O) groups is 1. The number of hydrogen-bond donors (Lipinski definition) is 2. The van der Waals surface area contributed by atoms with Gasteiger partial charge in [-0.05, 0) is 56.5 Å². The van der Waals surface area contributed by atoms with Gasteiger partial charge in [-0.15, -0.1) is 0 Å². The molecule has 1 saturated heterocycles. The monoisotopic (exact) mass is 471 g/mol. The van der Waals surface area contributed by atoms with E-state index >= 15 is 0 Å². The van der Waals surface area contributed by atoms with Crippen LogP contribution in [-0.2, 0) is 15.4 Å². The highest BCUT2D eigenvalue weighted by Gasteiger charge is 2.25. The number of likely N-dealkylation sites (tertiary alicyclic amines) is 1. The van der Waals surface area contributed by atoms with Gasteiger partial charge >= 0.3 is 0 Å². The third-order valence-corrected chi connectivity index (χ3v) is 5.95. The second-order valence-corrected chi connectivity index (χ2v) is 9.13. The van der Waals surface area contributed by atoms with Crippen molar-refractivity contribution in [3.05, 3.63) is 48.0 Å². The Kier molecular flexibility index (Phi) is 6.73. The Bertz CT molecular complexity index is 1290. The fourth-order valence-corrected chi connectivity index (χ4v) is 4.39. The zero-order chi connectivity index (χ0) is 23.5. The molecule has 174 valence electrons. The van der Waals surface area contributed by atoms with Gasteiger partial charge in [0.1, 0.15) is 23.7 Å². The Morgan fingerprint density at radius 1 is 1.24 bits per heavy atom. The van der Waals surface area contributed by atoms with Crippen LogP contribution in [0.15, 0.2) is 41.0 Å². The van der Waals surface area contributed by atoms with Gasteiger partial charge in [0.25, 0.3) is 5.91 Å². The van der Waals surface area contributed by atoms with Crippen molar-refractivity contribution in [3.63, 3.8) is 0 Å². The number of fused-ring (bicyclic) bond motifs is 1. The lowest BCUT2D eigenvalue weighted by atomic mass is 10.1.